The average molecular weight is 814 g/mol. The number of hydrogen-bond acceptors (Lipinski definition) is 11. The lowest BCUT2D eigenvalue weighted by Gasteiger charge is -2.51. The van der Waals surface area contributed by atoms with Crippen molar-refractivity contribution in [3.05, 3.63) is 89.5 Å². The number of piperidine rings is 1. The summed E-state index contributed by atoms with van der Waals surface area (Å²) in [6, 6.07) is 22.1. The van der Waals surface area contributed by atoms with Crippen LogP contribution in [0.5, 0.6) is 11.5 Å². The Morgan fingerprint density at radius 3 is 2.25 bits per heavy atom. The van der Waals surface area contributed by atoms with Gasteiger partial charge >= 0.3 is 0 Å². The van der Waals surface area contributed by atoms with E-state index in [1.54, 1.807) is 12.1 Å². The lowest BCUT2D eigenvalue weighted by Crippen LogP contribution is -2.63. The van der Waals surface area contributed by atoms with E-state index in [1.807, 2.05) is 65.3 Å². The quantitative estimate of drug-likeness (QED) is 0.155. The van der Waals surface area contributed by atoms with Crippen molar-refractivity contribution in [2.45, 2.75) is 57.2 Å². The second kappa shape index (κ2) is 16.2. The van der Waals surface area contributed by atoms with Crippen LogP contribution in [0.2, 0.25) is 0 Å². The number of benzene rings is 3. The molecular weight excluding hydrogens is 763 g/mol. The minimum Gasteiger partial charge on any atom is -0.457 e. The lowest BCUT2D eigenvalue weighted by atomic mass is 9.85. The zero-order chi connectivity index (χ0) is 41.7. The topological polar surface area (TPSA) is 189 Å². The predicted molar refractivity (Wildman–Crippen MR) is 225 cm³/mol. The highest BCUT2D eigenvalue weighted by atomic mass is 16.5. The predicted octanol–water partition coefficient (Wildman–Crippen LogP) is 4.15. The molecule has 312 valence electrons. The van der Waals surface area contributed by atoms with Crippen LogP contribution in [0.1, 0.15) is 76.1 Å². The van der Waals surface area contributed by atoms with Gasteiger partial charge in [-0.25, -0.2) is 4.68 Å². The van der Waals surface area contributed by atoms with Crippen LogP contribution >= 0.6 is 0 Å². The normalized spacial score (nSPS) is 20.5. The van der Waals surface area contributed by atoms with E-state index < -0.39 is 29.7 Å². The number of aromatic nitrogens is 2. The molecule has 1 aromatic heterocycles. The number of anilines is 2. The van der Waals surface area contributed by atoms with Crippen LogP contribution in [0.3, 0.4) is 0 Å². The molecule has 4 amide bonds. The Balaban J connectivity index is 0.756. The van der Waals surface area contributed by atoms with Crippen molar-refractivity contribution in [1.82, 2.24) is 24.5 Å². The fourth-order valence-corrected chi connectivity index (χ4v) is 9.80. The van der Waals surface area contributed by atoms with Crippen molar-refractivity contribution in [2.75, 3.05) is 62.6 Å². The molecule has 0 aliphatic carbocycles. The Kier molecular flexibility index (Phi) is 10.6. The zero-order valence-corrected chi connectivity index (χ0v) is 33.8. The van der Waals surface area contributed by atoms with Gasteiger partial charge in [0.25, 0.3) is 17.7 Å². The summed E-state index contributed by atoms with van der Waals surface area (Å²) < 4.78 is 8.01. The average Bonchev–Trinajstić information content (AvgIpc) is 3.72. The number of ketones is 1. The molecule has 0 radical (unpaired) electrons. The molecule has 3 fully saturated rings. The Morgan fingerprint density at radius 2 is 1.57 bits per heavy atom. The van der Waals surface area contributed by atoms with Crippen molar-refractivity contribution in [3.63, 3.8) is 0 Å². The number of imide groups is 1. The number of para-hydroxylation sites is 1. The molecule has 3 saturated heterocycles. The van der Waals surface area contributed by atoms with Crippen LogP contribution < -0.4 is 26.4 Å². The molecule has 5 aliphatic rings. The van der Waals surface area contributed by atoms with Gasteiger partial charge in [-0.2, -0.15) is 5.10 Å². The first-order chi connectivity index (χ1) is 29.0. The van der Waals surface area contributed by atoms with Gasteiger partial charge in [-0.3, -0.25) is 33.9 Å². The summed E-state index contributed by atoms with van der Waals surface area (Å²) in [6.07, 6.45) is 3.14. The van der Waals surface area contributed by atoms with E-state index >= 15 is 0 Å². The largest absolute Gasteiger partial charge is 0.457 e. The molecular formula is C45H51N9O6. The molecule has 0 bridgehead atoms. The molecule has 0 saturated carbocycles. The maximum atomic E-state index is 13.3. The molecule has 2 atom stereocenters. The van der Waals surface area contributed by atoms with E-state index in [4.69, 9.17) is 21.3 Å². The van der Waals surface area contributed by atoms with Gasteiger partial charge in [-0.15, -0.1) is 0 Å². The number of primary amides is 2. The lowest BCUT2D eigenvalue weighted by molar-refractivity contribution is -0.122. The molecule has 15 nitrogen and oxygen atoms in total. The smallest absolute Gasteiger partial charge is 0.262 e. The minimum absolute atomic E-state index is 0.0168. The van der Waals surface area contributed by atoms with Gasteiger partial charge in [-0.1, -0.05) is 18.2 Å². The summed E-state index contributed by atoms with van der Waals surface area (Å²) in [5, 5.41) is 8.49. The van der Waals surface area contributed by atoms with Crippen LogP contribution in [0.15, 0.2) is 72.8 Å². The Hall–Kier alpha value is -6.06. The van der Waals surface area contributed by atoms with Gasteiger partial charge < -0.3 is 31.2 Å². The van der Waals surface area contributed by atoms with Crippen molar-refractivity contribution in [2.24, 2.45) is 23.3 Å². The first-order valence-corrected chi connectivity index (χ1v) is 21.0. The monoisotopic (exact) mass is 813 g/mol. The molecule has 4 aromatic rings. The Morgan fingerprint density at radius 1 is 0.867 bits per heavy atom. The highest BCUT2D eigenvalue weighted by Gasteiger charge is 2.44. The van der Waals surface area contributed by atoms with Gasteiger partial charge in [0.1, 0.15) is 40.4 Å². The SMILES string of the molecule is CC(=O)CCC(C(N)=O)N1C(=O)c2ccc(N3CC(CN4CC(N5CCC([C@@H]6CCNc7c(C(N)=O)c(-c8ccc(Oc9ccccc9)cc8)nn76)CC5)C4)C3)cc2C1=O. The molecule has 6 heterocycles. The number of nitrogens with zero attached hydrogens (tertiary/aromatic N) is 6. The van der Waals surface area contributed by atoms with Crippen molar-refractivity contribution >= 4 is 40.9 Å². The van der Waals surface area contributed by atoms with Crippen molar-refractivity contribution in [3.8, 4) is 22.8 Å². The van der Waals surface area contributed by atoms with Crippen LogP contribution in [0.4, 0.5) is 11.5 Å². The number of amides is 4. The van der Waals surface area contributed by atoms with E-state index in [0.717, 1.165) is 93.5 Å². The fraction of sp³-hybridized carbons (Fsp3) is 0.422. The van der Waals surface area contributed by atoms with E-state index in [1.165, 1.54) is 6.92 Å². The van der Waals surface area contributed by atoms with Crippen LogP contribution in [-0.4, -0.2) is 118 Å². The highest BCUT2D eigenvalue weighted by Crippen LogP contribution is 2.41. The number of likely N-dealkylation sites (tertiary alicyclic amines) is 2. The first kappa shape index (κ1) is 39.4. The van der Waals surface area contributed by atoms with Gasteiger partial charge in [0, 0.05) is 68.9 Å². The van der Waals surface area contributed by atoms with Crippen LogP contribution in [0.25, 0.3) is 11.3 Å². The standard InChI is InChI=1S/C45H51N9O6/c1-27(55)7-14-38(41(46)56)53-44(58)35-13-10-31(21-36(35)45(53)59)52-23-28(24-52)22-50-25-32(26-50)51-19-16-29(17-20-51)37-15-18-48-43-39(42(47)57)40(49-54(37)43)30-8-11-34(12-9-30)60-33-5-3-2-4-6-33/h2-6,8-13,21,28-29,32,37-38,48H,7,14-20,22-26H2,1H3,(H2,46,56)(H2,47,57)/t37-,38?/m0/s1. The number of carbonyl (C=O) groups excluding carboxylic acids is 5. The van der Waals surface area contributed by atoms with E-state index in [9.17, 15) is 24.0 Å². The number of nitrogens with one attached hydrogen (secondary N) is 1. The molecule has 60 heavy (non-hydrogen) atoms. The summed E-state index contributed by atoms with van der Waals surface area (Å²) in [5.74, 6) is 0.583. The van der Waals surface area contributed by atoms with Crippen LogP contribution in [-0.2, 0) is 9.59 Å². The second-order valence-electron chi connectivity index (χ2n) is 17.0. The van der Waals surface area contributed by atoms with E-state index in [2.05, 4.69) is 20.0 Å². The van der Waals surface area contributed by atoms with E-state index in [0.29, 0.717) is 40.7 Å². The summed E-state index contributed by atoms with van der Waals surface area (Å²) in [5.41, 5.74) is 14.8. The van der Waals surface area contributed by atoms with Gasteiger partial charge in [0.15, 0.2) is 0 Å². The number of rotatable bonds is 14. The summed E-state index contributed by atoms with van der Waals surface area (Å²) in [4.78, 5) is 71.4. The zero-order valence-electron chi connectivity index (χ0n) is 33.8. The summed E-state index contributed by atoms with van der Waals surface area (Å²) in [7, 11) is 0. The molecule has 3 aromatic carbocycles. The van der Waals surface area contributed by atoms with Gasteiger partial charge in [0.05, 0.1) is 17.2 Å². The van der Waals surface area contributed by atoms with Crippen molar-refractivity contribution < 1.29 is 28.7 Å². The molecule has 9 rings (SSSR count). The number of hydrogen-bond donors (Lipinski definition) is 3. The second-order valence-corrected chi connectivity index (χ2v) is 17.0. The number of nitrogens with two attached hydrogens (primary N) is 2. The van der Waals surface area contributed by atoms with E-state index in [-0.39, 0.29) is 35.8 Å². The maximum Gasteiger partial charge on any atom is 0.262 e. The Bertz CT molecular complexity index is 2310. The number of ether oxygens (including phenoxy) is 1. The third-order valence-electron chi connectivity index (χ3n) is 13.0. The van der Waals surface area contributed by atoms with Gasteiger partial charge in [0.2, 0.25) is 5.91 Å². The van der Waals surface area contributed by atoms with Crippen LogP contribution in [0, 0.1) is 11.8 Å². The maximum absolute atomic E-state index is 13.3. The molecule has 1 unspecified atom stereocenters. The highest BCUT2D eigenvalue weighted by molar-refractivity contribution is 6.23. The third kappa shape index (κ3) is 7.51. The molecule has 0 spiro atoms. The number of Topliss-reactive ketones (excluding diaryl/α,β-unsaturated/α-hetero) is 1. The summed E-state index contributed by atoms with van der Waals surface area (Å²) >= 11 is 0. The fourth-order valence-electron chi connectivity index (χ4n) is 9.80. The van der Waals surface area contributed by atoms with Gasteiger partial charge in [-0.05, 0) is 106 Å². The molecule has 5 aliphatic heterocycles. The number of carbonyl (C=O) groups is 5. The third-order valence-corrected chi connectivity index (χ3v) is 13.0. The first-order valence-electron chi connectivity index (χ1n) is 21.0. The molecule has 5 N–H and O–H groups in total. The minimum atomic E-state index is -1.16. The Labute approximate surface area is 348 Å². The molecule has 15 heteroatoms. The number of fused-ring (bicyclic) bond motifs is 2. The van der Waals surface area contributed by atoms with Crippen molar-refractivity contribution in [1.29, 1.82) is 0 Å². The summed E-state index contributed by atoms with van der Waals surface area (Å²) in [6.45, 7) is 9.06.